The van der Waals surface area contributed by atoms with Gasteiger partial charge in [0.1, 0.15) is 6.10 Å². The Balaban J connectivity index is 2.16. The number of para-hydroxylation sites is 1. The molecule has 1 fully saturated rings. The summed E-state index contributed by atoms with van der Waals surface area (Å²) in [7, 11) is 0. The number of hydrogen-bond donors (Lipinski definition) is 0. The van der Waals surface area contributed by atoms with Crippen LogP contribution in [0, 0.1) is 10.1 Å². The van der Waals surface area contributed by atoms with Gasteiger partial charge in [-0.15, -0.1) is 0 Å². The van der Waals surface area contributed by atoms with E-state index in [9.17, 15) is 14.9 Å². The van der Waals surface area contributed by atoms with Crippen molar-refractivity contribution in [3.63, 3.8) is 0 Å². The van der Waals surface area contributed by atoms with Gasteiger partial charge in [-0.25, -0.2) is 4.79 Å². The molecule has 90 valence electrons. The first-order chi connectivity index (χ1) is 8.15. The van der Waals surface area contributed by atoms with Crippen molar-refractivity contribution in [1.82, 2.24) is 0 Å². The van der Waals surface area contributed by atoms with Gasteiger partial charge in [0.25, 0.3) is 5.69 Å². The number of esters is 1. The van der Waals surface area contributed by atoms with Crippen LogP contribution in [0.5, 0.6) is 0 Å². The molecular weight excluding hydrogens is 226 g/mol. The molecule has 1 heterocycles. The molecule has 0 amide bonds. The summed E-state index contributed by atoms with van der Waals surface area (Å²) >= 11 is 0. The molecule has 6 heteroatoms. The molecule has 6 nitrogen and oxygen atoms in total. The fourth-order valence-electron chi connectivity index (χ4n) is 1.65. The molecule has 0 N–H and O–H groups in total. The Morgan fingerprint density at radius 2 is 2.24 bits per heavy atom. The molecule has 1 aromatic rings. The van der Waals surface area contributed by atoms with Crippen LogP contribution in [0.2, 0.25) is 0 Å². The number of rotatable bonds is 4. The van der Waals surface area contributed by atoms with Crippen molar-refractivity contribution in [2.24, 2.45) is 0 Å². The van der Waals surface area contributed by atoms with Crippen LogP contribution in [0.3, 0.4) is 0 Å². The van der Waals surface area contributed by atoms with Gasteiger partial charge in [-0.2, -0.15) is 0 Å². The van der Waals surface area contributed by atoms with Crippen LogP contribution in [0.25, 0.3) is 0 Å². The van der Waals surface area contributed by atoms with Crippen LogP contribution in [0.15, 0.2) is 24.3 Å². The number of carbonyl (C=O) groups excluding carboxylic acids is 1. The molecular formula is C11H11NO5. The topological polar surface area (TPSA) is 82.0 Å². The maximum atomic E-state index is 11.4. The molecule has 0 bridgehead atoms. The van der Waals surface area contributed by atoms with Crippen molar-refractivity contribution in [2.45, 2.75) is 19.1 Å². The fraction of sp³-hybridized carbons (Fsp3) is 0.364. The summed E-state index contributed by atoms with van der Waals surface area (Å²) in [6.45, 7) is 1.96. The molecule has 2 rings (SSSR count). The van der Waals surface area contributed by atoms with Gasteiger partial charge in [-0.3, -0.25) is 10.1 Å². The summed E-state index contributed by atoms with van der Waals surface area (Å²) in [5.41, 5.74) is 0.375. The zero-order valence-corrected chi connectivity index (χ0v) is 9.16. The van der Waals surface area contributed by atoms with Gasteiger partial charge in [-0.1, -0.05) is 12.1 Å². The predicted octanol–water partition coefficient (Wildman–Crippen LogP) is 1.60. The smallest absolute Gasteiger partial charge is 0.338 e. The van der Waals surface area contributed by atoms with E-state index in [0.29, 0.717) is 5.56 Å². The molecule has 2 unspecified atom stereocenters. The van der Waals surface area contributed by atoms with Crippen molar-refractivity contribution in [3.8, 4) is 0 Å². The minimum Gasteiger partial charge on any atom is -0.464 e. The molecule has 1 saturated heterocycles. The van der Waals surface area contributed by atoms with Gasteiger partial charge in [-0.05, 0) is 13.0 Å². The van der Waals surface area contributed by atoms with E-state index in [1.54, 1.807) is 25.1 Å². The van der Waals surface area contributed by atoms with Gasteiger partial charge in [0.05, 0.1) is 17.1 Å². The summed E-state index contributed by atoms with van der Waals surface area (Å²) in [5, 5.41) is 10.8. The van der Waals surface area contributed by atoms with Crippen molar-refractivity contribution in [1.29, 1.82) is 0 Å². The number of hydrogen-bond acceptors (Lipinski definition) is 5. The maximum absolute atomic E-state index is 11.4. The van der Waals surface area contributed by atoms with E-state index in [-0.39, 0.29) is 12.3 Å². The maximum Gasteiger partial charge on any atom is 0.338 e. The van der Waals surface area contributed by atoms with Crippen LogP contribution in [0.4, 0.5) is 5.69 Å². The highest BCUT2D eigenvalue weighted by atomic mass is 16.6. The fourth-order valence-corrected chi connectivity index (χ4v) is 1.65. The Morgan fingerprint density at radius 3 is 2.88 bits per heavy atom. The molecule has 1 aliphatic rings. The average molecular weight is 237 g/mol. The minimum atomic E-state index is -0.712. The van der Waals surface area contributed by atoms with Gasteiger partial charge in [0.2, 0.25) is 0 Å². The number of carbonyl (C=O) groups is 1. The van der Waals surface area contributed by atoms with Crippen LogP contribution in [-0.2, 0) is 14.3 Å². The second-order valence-corrected chi connectivity index (χ2v) is 3.55. The summed E-state index contributed by atoms with van der Waals surface area (Å²) < 4.78 is 9.91. The third kappa shape index (κ3) is 2.26. The van der Waals surface area contributed by atoms with Crippen molar-refractivity contribution < 1.29 is 19.2 Å². The third-order valence-electron chi connectivity index (χ3n) is 2.45. The first-order valence-electron chi connectivity index (χ1n) is 5.20. The molecule has 1 aliphatic heterocycles. The summed E-state index contributed by atoms with van der Waals surface area (Å²) in [6, 6.07) is 6.22. The zero-order chi connectivity index (χ0) is 12.4. The van der Waals surface area contributed by atoms with Crippen molar-refractivity contribution >= 4 is 11.7 Å². The number of ether oxygens (including phenoxy) is 2. The number of nitro benzene ring substituents is 1. The second-order valence-electron chi connectivity index (χ2n) is 3.55. The van der Waals surface area contributed by atoms with Gasteiger partial charge in [0.15, 0.2) is 6.10 Å². The molecule has 0 saturated carbocycles. The minimum absolute atomic E-state index is 0.0377. The first kappa shape index (κ1) is 11.5. The standard InChI is InChI=1S/C11H11NO5/c1-2-16-11(13)10-9(17-10)7-5-3-4-6-8(7)12(14)15/h3-6,9-10H,2H2,1H3. The molecule has 0 spiro atoms. The molecule has 0 aromatic heterocycles. The highest BCUT2D eigenvalue weighted by molar-refractivity contribution is 5.78. The first-order valence-corrected chi connectivity index (χ1v) is 5.20. The van der Waals surface area contributed by atoms with E-state index in [0.717, 1.165) is 0 Å². The van der Waals surface area contributed by atoms with Crippen LogP contribution in [-0.4, -0.2) is 23.6 Å². The largest absolute Gasteiger partial charge is 0.464 e. The van der Waals surface area contributed by atoms with Gasteiger partial charge in [0, 0.05) is 6.07 Å². The Hall–Kier alpha value is -1.95. The average Bonchev–Trinajstić information content (AvgIpc) is 3.09. The number of nitro groups is 1. The highest BCUT2D eigenvalue weighted by Gasteiger charge is 2.49. The normalized spacial score (nSPS) is 21.9. The lowest BCUT2D eigenvalue weighted by Crippen LogP contribution is -2.12. The molecule has 17 heavy (non-hydrogen) atoms. The van der Waals surface area contributed by atoms with Crippen LogP contribution in [0.1, 0.15) is 18.6 Å². The Bertz CT molecular complexity index is 459. The third-order valence-corrected chi connectivity index (χ3v) is 2.45. The van der Waals surface area contributed by atoms with Crippen LogP contribution >= 0.6 is 0 Å². The van der Waals surface area contributed by atoms with E-state index in [1.165, 1.54) is 6.07 Å². The summed E-state index contributed by atoms with van der Waals surface area (Å²) in [4.78, 5) is 21.7. The lowest BCUT2D eigenvalue weighted by Gasteiger charge is -1.99. The number of benzene rings is 1. The van der Waals surface area contributed by atoms with E-state index >= 15 is 0 Å². The molecule has 0 radical (unpaired) electrons. The molecule has 1 aromatic carbocycles. The van der Waals surface area contributed by atoms with E-state index in [2.05, 4.69) is 0 Å². The SMILES string of the molecule is CCOC(=O)C1OC1c1ccccc1[N+](=O)[O-]. The monoisotopic (exact) mass is 237 g/mol. The molecule has 2 atom stereocenters. The van der Waals surface area contributed by atoms with Gasteiger partial charge < -0.3 is 9.47 Å². The van der Waals surface area contributed by atoms with Crippen molar-refractivity contribution in [2.75, 3.05) is 6.61 Å². The Kier molecular flexibility index (Phi) is 3.06. The van der Waals surface area contributed by atoms with E-state index in [4.69, 9.17) is 9.47 Å². The Morgan fingerprint density at radius 1 is 1.53 bits per heavy atom. The summed E-state index contributed by atoms with van der Waals surface area (Å²) in [6.07, 6.45) is -1.27. The van der Waals surface area contributed by atoms with Gasteiger partial charge >= 0.3 is 5.97 Å². The number of epoxide rings is 1. The molecule has 0 aliphatic carbocycles. The highest BCUT2D eigenvalue weighted by Crippen LogP contribution is 2.43. The van der Waals surface area contributed by atoms with E-state index < -0.39 is 23.1 Å². The lowest BCUT2D eigenvalue weighted by molar-refractivity contribution is -0.385. The van der Waals surface area contributed by atoms with Crippen molar-refractivity contribution in [3.05, 3.63) is 39.9 Å². The second kappa shape index (κ2) is 4.50. The lowest BCUT2D eigenvalue weighted by atomic mass is 10.1. The summed E-state index contributed by atoms with van der Waals surface area (Å²) in [5.74, 6) is -0.476. The van der Waals surface area contributed by atoms with E-state index in [1.807, 2.05) is 0 Å². The Labute approximate surface area is 97.3 Å². The predicted molar refractivity (Wildman–Crippen MR) is 57.3 cm³/mol. The quantitative estimate of drug-likeness (QED) is 0.344. The van der Waals surface area contributed by atoms with Crippen LogP contribution < -0.4 is 0 Å². The zero-order valence-electron chi connectivity index (χ0n) is 9.16. The number of nitrogens with zero attached hydrogens (tertiary/aromatic N) is 1.